The van der Waals surface area contributed by atoms with Crippen LogP contribution in [0.5, 0.6) is 0 Å². The number of fused-ring (bicyclic) bond motifs is 1. The number of aromatic amines is 1. The van der Waals surface area contributed by atoms with Gasteiger partial charge in [-0.05, 0) is 52.0 Å². The second-order valence-corrected chi connectivity index (χ2v) is 8.74. The molecule has 7 heteroatoms. The molecule has 2 heterocycles. The fourth-order valence-corrected chi connectivity index (χ4v) is 4.56. The molecule has 29 heavy (non-hydrogen) atoms. The molecule has 3 rings (SSSR count). The Balaban J connectivity index is 1.90. The van der Waals surface area contributed by atoms with Crippen LogP contribution in [-0.2, 0) is 6.54 Å². The number of rotatable bonds is 9. The quantitative estimate of drug-likeness (QED) is 0.321. The zero-order valence-corrected chi connectivity index (χ0v) is 18.3. The fourth-order valence-electron chi connectivity index (χ4n) is 3.65. The Labute approximate surface area is 175 Å². The number of aromatic nitrogens is 3. The van der Waals surface area contributed by atoms with Crippen LogP contribution in [-0.4, -0.2) is 44.7 Å². The third-order valence-corrected chi connectivity index (χ3v) is 6.14. The van der Waals surface area contributed by atoms with E-state index in [9.17, 15) is 9.59 Å². The van der Waals surface area contributed by atoms with Crippen molar-refractivity contribution in [2.24, 2.45) is 0 Å². The normalized spacial score (nSPS) is 11.8. The van der Waals surface area contributed by atoms with Gasteiger partial charge in [0.15, 0.2) is 10.9 Å². The van der Waals surface area contributed by atoms with E-state index in [1.54, 1.807) is 22.9 Å². The summed E-state index contributed by atoms with van der Waals surface area (Å²) in [5, 5.41) is 1.21. The Hall–Kier alpha value is -2.38. The first-order valence-electron chi connectivity index (χ1n) is 10.0. The molecule has 0 unspecified atom stereocenters. The maximum atomic E-state index is 13.2. The number of Topliss-reactive ketones (excluding diaryl/α,β-unsaturated/α-hetero) is 1. The lowest BCUT2D eigenvalue weighted by molar-refractivity contribution is -0.942. The molecule has 0 aliphatic heterocycles. The van der Waals surface area contributed by atoms with E-state index in [-0.39, 0.29) is 17.1 Å². The zero-order chi connectivity index (χ0) is 21.0. The topological polar surface area (TPSA) is 72.2 Å². The van der Waals surface area contributed by atoms with Crippen molar-refractivity contribution in [3.05, 3.63) is 58.6 Å². The van der Waals surface area contributed by atoms with Crippen LogP contribution in [0.1, 0.15) is 38.2 Å². The largest absolute Gasteiger partial charge is 0.359 e. The smallest absolute Gasteiger partial charge is 0.262 e. The van der Waals surface area contributed by atoms with Crippen molar-refractivity contribution >= 4 is 28.4 Å². The number of ketones is 1. The summed E-state index contributed by atoms with van der Waals surface area (Å²) in [5.74, 6) is 0.224. The summed E-state index contributed by atoms with van der Waals surface area (Å²) in [5.41, 5.74) is 1.19. The second kappa shape index (κ2) is 9.41. The van der Waals surface area contributed by atoms with Gasteiger partial charge in [0.05, 0.1) is 47.5 Å². The molecule has 0 radical (unpaired) electrons. The Morgan fingerprint density at radius 2 is 1.86 bits per heavy atom. The maximum absolute atomic E-state index is 13.2. The number of para-hydroxylation sites is 1. The fraction of sp³-hybridized carbons (Fsp3) is 0.409. The van der Waals surface area contributed by atoms with E-state index >= 15 is 0 Å². The van der Waals surface area contributed by atoms with Crippen molar-refractivity contribution in [3.63, 3.8) is 0 Å². The van der Waals surface area contributed by atoms with E-state index < -0.39 is 0 Å². The van der Waals surface area contributed by atoms with Crippen molar-refractivity contribution in [1.82, 2.24) is 14.5 Å². The molecule has 0 saturated heterocycles. The predicted octanol–water partition coefficient (Wildman–Crippen LogP) is 2.40. The molecule has 1 aromatic carbocycles. The van der Waals surface area contributed by atoms with Gasteiger partial charge in [0.25, 0.3) is 5.56 Å². The molecule has 0 aliphatic rings. The highest BCUT2D eigenvalue weighted by Crippen LogP contribution is 2.18. The van der Waals surface area contributed by atoms with Gasteiger partial charge in [-0.2, -0.15) is 0 Å². The second-order valence-electron chi connectivity index (χ2n) is 7.80. The van der Waals surface area contributed by atoms with Gasteiger partial charge in [0.1, 0.15) is 0 Å². The summed E-state index contributed by atoms with van der Waals surface area (Å²) in [4.78, 5) is 34.7. The van der Waals surface area contributed by atoms with E-state index in [0.717, 1.165) is 6.54 Å². The monoisotopic (exact) mass is 413 g/mol. The van der Waals surface area contributed by atoms with E-state index in [4.69, 9.17) is 4.98 Å². The molecular formula is C22H29N4O2S+. The number of hydrogen-bond acceptors (Lipinski definition) is 4. The first-order valence-corrected chi connectivity index (χ1v) is 11.0. The molecule has 2 N–H and O–H groups in total. The molecule has 0 spiro atoms. The Bertz CT molecular complexity index is 1020. The lowest BCUT2D eigenvalue weighted by Crippen LogP contribution is -3.18. The highest BCUT2D eigenvalue weighted by molar-refractivity contribution is 7.99. The van der Waals surface area contributed by atoms with Crippen molar-refractivity contribution < 1.29 is 9.69 Å². The number of carbonyl (C=O) groups excluding carboxylic acids is 1. The Morgan fingerprint density at radius 3 is 2.52 bits per heavy atom. The molecule has 0 fully saturated rings. The van der Waals surface area contributed by atoms with Gasteiger partial charge < -0.3 is 9.88 Å². The van der Waals surface area contributed by atoms with Crippen molar-refractivity contribution in [2.75, 3.05) is 12.3 Å². The summed E-state index contributed by atoms with van der Waals surface area (Å²) in [6.45, 7) is 10.2. The lowest BCUT2D eigenvalue weighted by atomic mass is 10.2. The number of carbonyl (C=O) groups is 1. The van der Waals surface area contributed by atoms with E-state index in [0.29, 0.717) is 40.4 Å². The van der Waals surface area contributed by atoms with Crippen LogP contribution >= 0.6 is 11.8 Å². The standard InChI is InChI=1S/C22H28N4O2S/c1-15(2)25(16(3)4)12-13-26-21(28)17-8-5-6-9-18(17)24-22(26)29-14-20(27)19-10-7-11-23-19/h5-11,15-16,23H,12-14H2,1-4H3/p+1. The molecule has 3 aromatic rings. The number of thioether (sulfide) groups is 1. The van der Waals surface area contributed by atoms with Gasteiger partial charge >= 0.3 is 0 Å². The molecule has 0 atom stereocenters. The predicted molar refractivity (Wildman–Crippen MR) is 118 cm³/mol. The van der Waals surface area contributed by atoms with Gasteiger partial charge in [-0.25, -0.2) is 4.98 Å². The van der Waals surface area contributed by atoms with Crippen molar-refractivity contribution in [2.45, 2.75) is 51.5 Å². The van der Waals surface area contributed by atoms with Crippen LogP contribution in [0.4, 0.5) is 0 Å². The minimum atomic E-state index is -0.0442. The van der Waals surface area contributed by atoms with Crippen LogP contribution in [0.2, 0.25) is 0 Å². The third-order valence-electron chi connectivity index (χ3n) is 5.16. The van der Waals surface area contributed by atoms with E-state index in [1.807, 2.05) is 24.3 Å². The summed E-state index contributed by atoms with van der Waals surface area (Å²) in [6, 6.07) is 11.9. The molecule has 0 aliphatic carbocycles. The highest BCUT2D eigenvalue weighted by atomic mass is 32.2. The van der Waals surface area contributed by atoms with E-state index in [1.165, 1.54) is 16.7 Å². The molecule has 0 saturated carbocycles. The summed E-state index contributed by atoms with van der Waals surface area (Å²) in [6.07, 6.45) is 1.73. The van der Waals surface area contributed by atoms with Crippen LogP contribution in [0.15, 0.2) is 52.5 Å². The molecule has 6 nitrogen and oxygen atoms in total. The van der Waals surface area contributed by atoms with Gasteiger partial charge in [0, 0.05) is 6.20 Å². The Morgan fingerprint density at radius 1 is 1.14 bits per heavy atom. The molecule has 154 valence electrons. The maximum Gasteiger partial charge on any atom is 0.262 e. The first kappa shape index (κ1) is 21.3. The molecule has 0 amide bonds. The average Bonchev–Trinajstić information content (AvgIpc) is 3.22. The number of hydrogen-bond donors (Lipinski definition) is 2. The molecule has 2 aromatic heterocycles. The van der Waals surface area contributed by atoms with E-state index in [2.05, 4.69) is 32.7 Å². The number of nitrogens with one attached hydrogen (secondary N) is 2. The lowest BCUT2D eigenvalue weighted by Gasteiger charge is -2.28. The summed E-state index contributed by atoms with van der Waals surface area (Å²) < 4.78 is 1.74. The van der Waals surface area contributed by atoms with Gasteiger partial charge in [-0.3, -0.25) is 14.2 Å². The number of nitrogens with zero attached hydrogens (tertiary/aromatic N) is 2. The van der Waals surface area contributed by atoms with Crippen molar-refractivity contribution in [3.8, 4) is 0 Å². The SMILES string of the molecule is CC(C)[NH+](CCn1c(SCC(=O)c2ccc[nH]2)nc2ccccc2c1=O)C(C)C. The minimum Gasteiger partial charge on any atom is -0.359 e. The number of quaternary nitrogens is 1. The number of H-pyrrole nitrogens is 1. The van der Waals surface area contributed by atoms with Crippen LogP contribution < -0.4 is 10.5 Å². The zero-order valence-electron chi connectivity index (χ0n) is 17.4. The molecular weight excluding hydrogens is 384 g/mol. The third kappa shape index (κ3) is 4.97. The number of benzene rings is 1. The average molecular weight is 414 g/mol. The first-order chi connectivity index (χ1) is 13.9. The van der Waals surface area contributed by atoms with Gasteiger partial charge in [0.2, 0.25) is 0 Å². The van der Waals surface area contributed by atoms with Gasteiger partial charge in [-0.1, -0.05) is 23.9 Å². The minimum absolute atomic E-state index is 0.00873. The van der Waals surface area contributed by atoms with Gasteiger partial charge in [-0.15, -0.1) is 0 Å². The van der Waals surface area contributed by atoms with Crippen molar-refractivity contribution in [1.29, 1.82) is 0 Å². The Kier molecular flexibility index (Phi) is 6.92. The summed E-state index contributed by atoms with van der Waals surface area (Å²) >= 11 is 1.32. The van der Waals surface area contributed by atoms with Crippen LogP contribution in [0, 0.1) is 0 Å². The van der Waals surface area contributed by atoms with Crippen LogP contribution in [0.25, 0.3) is 10.9 Å². The summed E-state index contributed by atoms with van der Waals surface area (Å²) in [7, 11) is 0. The highest BCUT2D eigenvalue weighted by Gasteiger charge is 2.20. The van der Waals surface area contributed by atoms with Crippen LogP contribution in [0.3, 0.4) is 0 Å². The molecule has 0 bridgehead atoms.